The Morgan fingerprint density at radius 1 is 1.16 bits per heavy atom. The lowest BCUT2D eigenvalue weighted by atomic mass is 9.97. The summed E-state index contributed by atoms with van der Waals surface area (Å²) in [5.74, 6) is 0. The van der Waals surface area contributed by atoms with Crippen molar-refractivity contribution in [3.8, 4) is 0 Å². The fourth-order valence-corrected chi connectivity index (χ4v) is 4.06. The van der Waals surface area contributed by atoms with E-state index in [1.54, 1.807) is 0 Å². The van der Waals surface area contributed by atoms with Gasteiger partial charge in [-0.2, -0.15) is 0 Å². The minimum atomic E-state index is 0.329. The highest BCUT2D eigenvalue weighted by Gasteiger charge is 2.41. The minimum Gasteiger partial charge on any atom is -0.372 e. The summed E-state index contributed by atoms with van der Waals surface area (Å²) in [6.45, 7) is 5.61. The second kappa shape index (κ2) is 7.64. The lowest BCUT2D eigenvalue weighted by Gasteiger charge is -2.24. The van der Waals surface area contributed by atoms with E-state index in [1.807, 2.05) is 0 Å². The van der Waals surface area contributed by atoms with Gasteiger partial charge in [-0.3, -0.25) is 0 Å². The summed E-state index contributed by atoms with van der Waals surface area (Å²) in [5.41, 5.74) is 0.329. The molecule has 0 aromatic rings. The van der Waals surface area contributed by atoms with Crippen molar-refractivity contribution >= 4 is 0 Å². The van der Waals surface area contributed by atoms with E-state index in [9.17, 15) is 0 Å². The minimum absolute atomic E-state index is 0.329. The maximum atomic E-state index is 6.39. The largest absolute Gasteiger partial charge is 0.372 e. The van der Waals surface area contributed by atoms with Gasteiger partial charge in [0.1, 0.15) is 0 Å². The van der Waals surface area contributed by atoms with Crippen molar-refractivity contribution < 1.29 is 4.74 Å². The van der Waals surface area contributed by atoms with Gasteiger partial charge in [0, 0.05) is 6.04 Å². The molecule has 0 aromatic heterocycles. The molecule has 0 bridgehead atoms. The monoisotopic (exact) mass is 267 g/mol. The lowest BCUT2D eigenvalue weighted by Crippen LogP contribution is -2.29. The second-order valence-corrected chi connectivity index (χ2v) is 6.64. The van der Waals surface area contributed by atoms with Gasteiger partial charge in [-0.05, 0) is 57.9 Å². The summed E-state index contributed by atoms with van der Waals surface area (Å²) in [4.78, 5) is 0. The van der Waals surface area contributed by atoms with Gasteiger partial charge in [0.05, 0.1) is 11.7 Å². The Labute approximate surface area is 119 Å². The number of ether oxygens (including phenoxy) is 1. The summed E-state index contributed by atoms with van der Waals surface area (Å²) in [5, 5.41) is 3.62. The van der Waals surface area contributed by atoms with Crippen LogP contribution < -0.4 is 5.32 Å². The maximum absolute atomic E-state index is 6.39. The predicted octanol–water partition coefficient (Wildman–Crippen LogP) is 4.43. The van der Waals surface area contributed by atoms with E-state index in [-0.39, 0.29) is 0 Å². The van der Waals surface area contributed by atoms with Crippen LogP contribution in [0.25, 0.3) is 0 Å². The van der Waals surface area contributed by atoms with Crippen LogP contribution in [0.1, 0.15) is 84.5 Å². The average molecular weight is 267 g/mol. The number of nitrogens with one attached hydrogen (secondary N) is 1. The predicted molar refractivity (Wildman–Crippen MR) is 81.5 cm³/mol. The summed E-state index contributed by atoms with van der Waals surface area (Å²) in [6.07, 6.45) is 15.2. The summed E-state index contributed by atoms with van der Waals surface area (Å²) in [7, 11) is 0. The smallest absolute Gasteiger partial charge is 0.0687 e. The Kier molecular flexibility index (Phi) is 6.15. The zero-order valence-electron chi connectivity index (χ0n) is 13.0. The third kappa shape index (κ3) is 4.46. The highest BCUT2D eigenvalue weighted by Crippen LogP contribution is 2.44. The molecule has 2 aliphatic rings. The molecule has 2 unspecified atom stereocenters. The molecule has 1 spiro atoms. The quantitative estimate of drug-likeness (QED) is 0.702. The molecule has 1 aliphatic heterocycles. The van der Waals surface area contributed by atoms with Crippen LogP contribution in [0.3, 0.4) is 0 Å². The molecule has 2 rings (SSSR count). The molecular weight excluding hydrogens is 234 g/mol. The van der Waals surface area contributed by atoms with Crippen molar-refractivity contribution in [2.24, 2.45) is 0 Å². The van der Waals surface area contributed by atoms with Gasteiger partial charge in [-0.15, -0.1) is 0 Å². The Balaban J connectivity index is 1.63. The molecule has 1 heterocycles. The summed E-state index contributed by atoms with van der Waals surface area (Å²) in [6, 6.07) is 0.733. The van der Waals surface area contributed by atoms with Crippen molar-refractivity contribution in [2.45, 2.75) is 102 Å². The highest BCUT2D eigenvalue weighted by molar-refractivity contribution is 4.92. The van der Waals surface area contributed by atoms with Crippen LogP contribution in [-0.2, 0) is 4.74 Å². The van der Waals surface area contributed by atoms with Crippen molar-refractivity contribution in [2.75, 3.05) is 6.54 Å². The van der Waals surface area contributed by atoms with Gasteiger partial charge in [0.15, 0.2) is 0 Å². The topological polar surface area (TPSA) is 21.3 Å². The van der Waals surface area contributed by atoms with Crippen LogP contribution in [0.15, 0.2) is 0 Å². The van der Waals surface area contributed by atoms with Gasteiger partial charge >= 0.3 is 0 Å². The zero-order chi connectivity index (χ0) is 13.6. The lowest BCUT2D eigenvalue weighted by molar-refractivity contribution is -0.0396. The molecule has 1 saturated carbocycles. The van der Waals surface area contributed by atoms with Gasteiger partial charge in [-0.25, -0.2) is 0 Å². The third-order valence-corrected chi connectivity index (χ3v) is 5.06. The van der Waals surface area contributed by atoms with Gasteiger partial charge in [0.25, 0.3) is 0 Å². The Hall–Kier alpha value is -0.0800. The molecule has 2 fully saturated rings. The molecule has 19 heavy (non-hydrogen) atoms. The summed E-state index contributed by atoms with van der Waals surface area (Å²) >= 11 is 0. The SMILES string of the molecule is CCCC(CCCC1CCC2(CCCC2)O1)NCC. The number of hydrogen-bond acceptors (Lipinski definition) is 2. The van der Waals surface area contributed by atoms with E-state index < -0.39 is 0 Å². The standard InChI is InChI=1S/C17H33NO/c1-3-8-15(18-4-2)9-7-10-16-11-14-17(19-16)12-5-6-13-17/h15-16,18H,3-14H2,1-2H3. The first-order valence-corrected chi connectivity index (χ1v) is 8.69. The van der Waals surface area contributed by atoms with E-state index in [4.69, 9.17) is 4.74 Å². The first-order valence-electron chi connectivity index (χ1n) is 8.69. The zero-order valence-corrected chi connectivity index (χ0v) is 13.0. The maximum Gasteiger partial charge on any atom is 0.0687 e. The molecule has 1 saturated heterocycles. The first-order chi connectivity index (χ1) is 9.28. The van der Waals surface area contributed by atoms with Crippen LogP contribution in [0.4, 0.5) is 0 Å². The third-order valence-electron chi connectivity index (χ3n) is 5.06. The Morgan fingerprint density at radius 2 is 1.95 bits per heavy atom. The van der Waals surface area contributed by atoms with E-state index in [0.717, 1.165) is 12.6 Å². The average Bonchev–Trinajstić information content (AvgIpc) is 3.01. The van der Waals surface area contributed by atoms with Gasteiger partial charge < -0.3 is 10.1 Å². The van der Waals surface area contributed by atoms with E-state index >= 15 is 0 Å². The molecule has 0 amide bonds. The molecule has 112 valence electrons. The van der Waals surface area contributed by atoms with Crippen LogP contribution in [0.2, 0.25) is 0 Å². The van der Waals surface area contributed by atoms with E-state index in [2.05, 4.69) is 19.2 Å². The van der Waals surface area contributed by atoms with Crippen LogP contribution in [0, 0.1) is 0 Å². The summed E-state index contributed by atoms with van der Waals surface area (Å²) < 4.78 is 6.39. The number of hydrogen-bond donors (Lipinski definition) is 1. The Morgan fingerprint density at radius 3 is 2.63 bits per heavy atom. The van der Waals surface area contributed by atoms with Crippen molar-refractivity contribution in [3.05, 3.63) is 0 Å². The van der Waals surface area contributed by atoms with Crippen molar-refractivity contribution in [3.63, 3.8) is 0 Å². The van der Waals surface area contributed by atoms with E-state index in [0.29, 0.717) is 11.7 Å². The van der Waals surface area contributed by atoms with Gasteiger partial charge in [-0.1, -0.05) is 33.1 Å². The van der Waals surface area contributed by atoms with Crippen LogP contribution in [0.5, 0.6) is 0 Å². The van der Waals surface area contributed by atoms with Crippen molar-refractivity contribution in [1.29, 1.82) is 0 Å². The Bertz CT molecular complexity index is 242. The number of rotatable bonds is 8. The molecule has 2 nitrogen and oxygen atoms in total. The van der Waals surface area contributed by atoms with Gasteiger partial charge in [0.2, 0.25) is 0 Å². The molecule has 2 atom stereocenters. The van der Waals surface area contributed by atoms with E-state index in [1.165, 1.54) is 70.6 Å². The molecule has 0 aromatic carbocycles. The van der Waals surface area contributed by atoms with Crippen LogP contribution in [-0.4, -0.2) is 24.3 Å². The fraction of sp³-hybridized carbons (Fsp3) is 1.00. The normalized spacial score (nSPS) is 27.2. The first kappa shape index (κ1) is 15.3. The fourth-order valence-electron chi connectivity index (χ4n) is 4.06. The molecule has 1 N–H and O–H groups in total. The molecule has 2 heteroatoms. The molecular formula is C17H33NO. The second-order valence-electron chi connectivity index (χ2n) is 6.64. The highest BCUT2D eigenvalue weighted by atomic mass is 16.5. The molecule has 0 radical (unpaired) electrons. The molecule has 1 aliphatic carbocycles. The van der Waals surface area contributed by atoms with Crippen LogP contribution >= 0.6 is 0 Å². The van der Waals surface area contributed by atoms with Crippen molar-refractivity contribution in [1.82, 2.24) is 5.32 Å².